The Morgan fingerprint density at radius 1 is 1.38 bits per heavy atom. The summed E-state index contributed by atoms with van der Waals surface area (Å²) >= 11 is 12.7. The Morgan fingerprint density at radius 3 is 2.76 bits per heavy atom. The summed E-state index contributed by atoms with van der Waals surface area (Å²) in [5.74, 6) is 1.17. The van der Waals surface area contributed by atoms with Gasteiger partial charge in [-0.3, -0.25) is 10.1 Å². The van der Waals surface area contributed by atoms with E-state index in [1.54, 1.807) is 6.07 Å². The van der Waals surface area contributed by atoms with Gasteiger partial charge in [-0.15, -0.1) is 11.6 Å². The van der Waals surface area contributed by atoms with Gasteiger partial charge < -0.3 is 0 Å². The average Bonchev–Trinajstić information content (AvgIpc) is 2.44. The van der Waals surface area contributed by atoms with E-state index >= 15 is 0 Å². The minimum atomic E-state index is -0.419. The lowest BCUT2D eigenvalue weighted by atomic mass is 9.76. The third kappa shape index (κ3) is 4.33. The fourth-order valence-electron chi connectivity index (χ4n) is 3.30. The molecular weight excluding hydrogens is 309 g/mol. The molecule has 3 unspecified atom stereocenters. The van der Waals surface area contributed by atoms with Crippen LogP contribution in [0.25, 0.3) is 0 Å². The first-order valence-electron chi connectivity index (χ1n) is 7.58. The van der Waals surface area contributed by atoms with Gasteiger partial charge in [0.25, 0.3) is 5.69 Å². The molecule has 5 heteroatoms. The van der Waals surface area contributed by atoms with Gasteiger partial charge >= 0.3 is 0 Å². The van der Waals surface area contributed by atoms with Crippen molar-refractivity contribution in [1.29, 1.82) is 0 Å². The van der Waals surface area contributed by atoms with Crippen LogP contribution >= 0.6 is 23.2 Å². The molecule has 0 aliphatic heterocycles. The number of halogens is 2. The van der Waals surface area contributed by atoms with E-state index in [0.29, 0.717) is 10.9 Å². The van der Waals surface area contributed by atoms with Crippen molar-refractivity contribution in [2.45, 2.75) is 50.8 Å². The van der Waals surface area contributed by atoms with Crippen LogP contribution < -0.4 is 0 Å². The number of alkyl halides is 1. The first-order chi connectivity index (χ1) is 10.0. The van der Waals surface area contributed by atoms with Gasteiger partial charge in [0, 0.05) is 17.5 Å². The fourth-order valence-corrected chi connectivity index (χ4v) is 3.87. The zero-order chi connectivity index (χ0) is 15.4. The molecule has 0 saturated heterocycles. The van der Waals surface area contributed by atoms with Gasteiger partial charge in [-0.1, -0.05) is 37.4 Å². The lowest BCUT2D eigenvalue weighted by Crippen LogP contribution is -2.27. The van der Waals surface area contributed by atoms with Gasteiger partial charge in [0.15, 0.2) is 0 Å². The van der Waals surface area contributed by atoms with Crippen LogP contribution in [-0.2, 0) is 6.42 Å². The van der Waals surface area contributed by atoms with Crippen LogP contribution in [0.5, 0.6) is 0 Å². The molecule has 2 rings (SSSR count). The number of benzene rings is 1. The number of hydrogen-bond donors (Lipinski definition) is 0. The standard InChI is InChI=1S/C16H21Cl2NO2/c1-2-3-11-4-7-15(17)13(8-11)9-12-5-6-14(19(20)21)10-16(12)18/h5-6,10-11,13,15H,2-4,7-9H2,1H3. The van der Waals surface area contributed by atoms with E-state index in [-0.39, 0.29) is 11.1 Å². The monoisotopic (exact) mass is 329 g/mol. The Morgan fingerprint density at radius 2 is 2.14 bits per heavy atom. The zero-order valence-electron chi connectivity index (χ0n) is 12.2. The molecule has 3 nitrogen and oxygen atoms in total. The average molecular weight is 330 g/mol. The minimum Gasteiger partial charge on any atom is -0.258 e. The fraction of sp³-hybridized carbons (Fsp3) is 0.625. The molecule has 1 fully saturated rings. The molecule has 0 heterocycles. The molecule has 0 bridgehead atoms. The summed E-state index contributed by atoms with van der Waals surface area (Å²) in [5.41, 5.74) is 1.01. The second-order valence-corrected chi connectivity index (χ2v) is 6.95. The van der Waals surface area contributed by atoms with E-state index in [4.69, 9.17) is 23.2 Å². The van der Waals surface area contributed by atoms with Crippen LogP contribution in [0, 0.1) is 22.0 Å². The van der Waals surface area contributed by atoms with Crippen molar-refractivity contribution in [3.8, 4) is 0 Å². The maximum absolute atomic E-state index is 10.7. The summed E-state index contributed by atoms with van der Waals surface area (Å²) in [6.07, 6.45) is 6.69. The highest BCUT2D eigenvalue weighted by Crippen LogP contribution is 2.38. The lowest BCUT2D eigenvalue weighted by molar-refractivity contribution is -0.384. The van der Waals surface area contributed by atoms with E-state index < -0.39 is 4.92 Å². The second-order valence-electron chi connectivity index (χ2n) is 5.98. The van der Waals surface area contributed by atoms with Crippen LogP contribution in [0.3, 0.4) is 0 Å². The number of nitro groups is 1. The number of nitrogens with zero attached hydrogens (tertiary/aromatic N) is 1. The maximum atomic E-state index is 10.7. The van der Waals surface area contributed by atoms with E-state index in [2.05, 4.69) is 6.92 Å². The number of rotatable bonds is 5. The van der Waals surface area contributed by atoms with Crippen LogP contribution in [-0.4, -0.2) is 10.3 Å². The largest absolute Gasteiger partial charge is 0.270 e. The molecule has 1 aliphatic rings. The van der Waals surface area contributed by atoms with Crippen LogP contribution in [0.4, 0.5) is 5.69 Å². The van der Waals surface area contributed by atoms with Gasteiger partial charge in [-0.05, 0) is 43.1 Å². The predicted octanol–water partition coefficient (Wildman–Crippen LogP) is 5.61. The van der Waals surface area contributed by atoms with Crippen molar-refractivity contribution in [1.82, 2.24) is 0 Å². The SMILES string of the molecule is CCCC1CCC(Cl)C(Cc2ccc([N+](=O)[O-])cc2Cl)C1. The summed E-state index contributed by atoms with van der Waals surface area (Å²) < 4.78 is 0. The number of non-ortho nitro benzene ring substituents is 1. The molecule has 3 atom stereocenters. The molecule has 1 aliphatic carbocycles. The highest BCUT2D eigenvalue weighted by molar-refractivity contribution is 6.31. The highest BCUT2D eigenvalue weighted by Gasteiger charge is 2.29. The third-order valence-electron chi connectivity index (χ3n) is 4.42. The molecule has 0 radical (unpaired) electrons. The van der Waals surface area contributed by atoms with Crippen molar-refractivity contribution in [3.63, 3.8) is 0 Å². The van der Waals surface area contributed by atoms with E-state index in [1.165, 1.54) is 31.4 Å². The number of hydrogen-bond acceptors (Lipinski definition) is 2. The highest BCUT2D eigenvalue weighted by atomic mass is 35.5. The van der Waals surface area contributed by atoms with E-state index in [9.17, 15) is 10.1 Å². The summed E-state index contributed by atoms with van der Waals surface area (Å²) in [6.45, 7) is 2.22. The number of nitro benzene ring substituents is 1. The topological polar surface area (TPSA) is 43.1 Å². The first kappa shape index (κ1) is 16.6. The summed E-state index contributed by atoms with van der Waals surface area (Å²) in [4.78, 5) is 10.3. The van der Waals surface area contributed by atoms with Crippen molar-refractivity contribution in [2.24, 2.45) is 11.8 Å². The Balaban J connectivity index is 2.07. The predicted molar refractivity (Wildman–Crippen MR) is 87.2 cm³/mol. The van der Waals surface area contributed by atoms with Crippen molar-refractivity contribution < 1.29 is 4.92 Å². The summed E-state index contributed by atoms with van der Waals surface area (Å²) in [7, 11) is 0. The molecule has 0 aromatic heterocycles. The molecule has 1 aromatic carbocycles. The van der Waals surface area contributed by atoms with Crippen LogP contribution in [0.1, 0.15) is 44.6 Å². The van der Waals surface area contributed by atoms with Crippen molar-refractivity contribution >= 4 is 28.9 Å². The molecule has 0 spiro atoms. The second kappa shape index (κ2) is 7.46. The Bertz CT molecular complexity index is 507. The molecule has 116 valence electrons. The molecule has 0 amide bonds. The quantitative estimate of drug-likeness (QED) is 0.400. The minimum absolute atomic E-state index is 0.0404. The van der Waals surface area contributed by atoms with Crippen molar-refractivity contribution in [2.75, 3.05) is 0 Å². The van der Waals surface area contributed by atoms with E-state index in [1.807, 2.05) is 0 Å². The lowest BCUT2D eigenvalue weighted by Gasteiger charge is -2.33. The molecular formula is C16H21Cl2NO2. The van der Waals surface area contributed by atoms with Crippen LogP contribution in [0.2, 0.25) is 5.02 Å². The molecule has 21 heavy (non-hydrogen) atoms. The molecule has 1 saturated carbocycles. The van der Waals surface area contributed by atoms with Gasteiger partial charge in [-0.25, -0.2) is 0 Å². The van der Waals surface area contributed by atoms with Gasteiger partial charge in [-0.2, -0.15) is 0 Å². The maximum Gasteiger partial charge on any atom is 0.270 e. The van der Waals surface area contributed by atoms with Gasteiger partial charge in [0.1, 0.15) is 0 Å². The Hall–Kier alpha value is -0.800. The third-order valence-corrected chi connectivity index (χ3v) is 5.35. The van der Waals surface area contributed by atoms with Gasteiger partial charge in [0.05, 0.1) is 9.95 Å². The Kier molecular flexibility index (Phi) is 5.88. The summed E-state index contributed by atoms with van der Waals surface area (Å²) in [5, 5.41) is 11.4. The van der Waals surface area contributed by atoms with Crippen molar-refractivity contribution in [3.05, 3.63) is 38.9 Å². The molecule has 1 aromatic rings. The van der Waals surface area contributed by atoms with Crippen LogP contribution in [0.15, 0.2) is 18.2 Å². The van der Waals surface area contributed by atoms with E-state index in [0.717, 1.165) is 30.7 Å². The first-order valence-corrected chi connectivity index (χ1v) is 8.39. The summed E-state index contributed by atoms with van der Waals surface area (Å²) in [6, 6.07) is 4.73. The Labute approximate surface area is 135 Å². The molecule has 0 N–H and O–H groups in total. The smallest absolute Gasteiger partial charge is 0.258 e. The zero-order valence-corrected chi connectivity index (χ0v) is 13.7. The normalized spacial score (nSPS) is 25.8. The van der Waals surface area contributed by atoms with Gasteiger partial charge in [0.2, 0.25) is 0 Å².